The molecule has 0 aliphatic carbocycles. The van der Waals surface area contributed by atoms with Crippen LogP contribution in [0.5, 0.6) is 0 Å². The molecule has 0 aliphatic rings. The first-order valence-electron chi connectivity index (χ1n) is 22.8. The van der Waals surface area contributed by atoms with Crippen LogP contribution in [0.25, 0.3) is 135 Å². The summed E-state index contributed by atoms with van der Waals surface area (Å²) in [6.07, 6.45) is 0. The lowest BCUT2D eigenvalue weighted by Crippen LogP contribution is -1.93. The molecule has 0 aliphatic heterocycles. The van der Waals surface area contributed by atoms with Gasteiger partial charge in [-0.25, -0.2) is 0 Å². The van der Waals surface area contributed by atoms with Crippen molar-refractivity contribution in [2.45, 2.75) is 0 Å². The smallest absolute Gasteiger partial charge is 0.0541 e. The fraction of sp³-hybridized carbons (Fsp3) is 0. The maximum Gasteiger partial charge on any atom is 0.0541 e. The van der Waals surface area contributed by atoms with Gasteiger partial charge in [0.2, 0.25) is 0 Å². The molecule has 2 aromatic heterocycles. The number of thiophene rings is 1. The number of hydrogen-bond donors (Lipinski definition) is 0. The van der Waals surface area contributed by atoms with Gasteiger partial charge in [-0.05, 0) is 130 Å². The number of fused-ring (bicyclic) bond motifs is 10. The zero-order chi connectivity index (χ0) is 43.3. The van der Waals surface area contributed by atoms with E-state index in [1.807, 2.05) is 11.3 Å². The fourth-order valence-electron chi connectivity index (χ4n) is 11.3. The number of para-hydroxylation sites is 2. The van der Waals surface area contributed by atoms with Crippen molar-refractivity contribution < 1.29 is 0 Å². The number of hydrogen-bond acceptors (Lipinski definition) is 1. The Hall–Kier alpha value is -8.30. The van der Waals surface area contributed by atoms with E-state index in [4.69, 9.17) is 0 Å². The number of nitrogens with zero attached hydrogens (tertiary/aromatic N) is 1. The van der Waals surface area contributed by atoms with Crippen LogP contribution in [0.2, 0.25) is 0 Å². The van der Waals surface area contributed by atoms with Gasteiger partial charge in [-0.3, -0.25) is 0 Å². The molecule has 0 bridgehead atoms. The highest BCUT2D eigenvalue weighted by atomic mass is 32.1. The molecule has 14 rings (SSSR count). The summed E-state index contributed by atoms with van der Waals surface area (Å²) in [5.41, 5.74) is 13.7. The van der Waals surface area contributed by atoms with Crippen molar-refractivity contribution in [3.8, 4) is 50.2 Å². The largest absolute Gasteiger partial charge is 0.309 e. The van der Waals surface area contributed by atoms with Gasteiger partial charge in [-0.1, -0.05) is 194 Å². The Morgan fingerprint density at radius 2 is 0.712 bits per heavy atom. The van der Waals surface area contributed by atoms with Crippen LogP contribution in [0.4, 0.5) is 0 Å². The summed E-state index contributed by atoms with van der Waals surface area (Å²) in [6.45, 7) is 0. The van der Waals surface area contributed by atoms with Crippen LogP contribution in [0.1, 0.15) is 0 Å². The van der Waals surface area contributed by atoms with Crippen molar-refractivity contribution in [3.05, 3.63) is 237 Å². The van der Waals surface area contributed by atoms with Gasteiger partial charge in [-0.15, -0.1) is 11.3 Å². The lowest BCUT2D eigenvalue weighted by Gasteiger charge is -2.19. The van der Waals surface area contributed by atoms with E-state index in [1.165, 1.54) is 135 Å². The Morgan fingerprint density at radius 1 is 0.258 bits per heavy atom. The first-order chi connectivity index (χ1) is 32.8. The van der Waals surface area contributed by atoms with E-state index in [-0.39, 0.29) is 0 Å². The third-order valence-corrected chi connectivity index (χ3v) is 15.1. The van der Waals surface area contributed by atoms with Gasteiger partial charge in [0.15, 0.2) is 0 Å². The first kappa shape index (κ1) is 37.1. The second-order valence-corrected chi connectivity index (χ2v) is 18.5. The van der Waals surface area contributed by atoms with Crippen LogP contribution < -0.4 is 0 Å². The molecule has 1 nitrogen and oxygen atoms in total. The molecule has 0 radical (unpaired) electrons. The SMILES string of the molecule is c1ccc(-c2c3ccccc3c(-c3ccc4c(c3)sc3cccc(-c5c6ccccc6c(-c6ccc7c(c6)c6ccccc6n7-c6ccccc6)c6ccccc56)c34)c3ccccc23)cc1. The maximum atomic E-state index is 2.45. The topological polar surface area (TPSA) is 4.93 Å². The maximum absolute atomic E-state index is 2.45. The molecule has 2 heterocycles. The van der Waals surface area contributed by atoms with E-state index < -0.39 is 0 Å². The molecule has 0 N–H and O–H groups in total. The second-order valence-electron chi connectivity index (χ2n) is 17.5. The molecule has 0 spiro atoms. The Balaban J connectivity index is 0.985. The van der Waals surface area contributed by atoms with Crippen molar-refractivity contribution in [1.82, 2.24) is 4.57 Å². The molecule has 306 valence electrons. The highest BCUT2D eigenvalue weighted by molar-refractivity contribution is 7.26. The van der Waals surface area contributed by atoms with E-state index >= 15 is 0 Å². The summed E-state index contributed by atoms with van der Waals surface area (Å²) in [4.78, 5) is 0. The summed E-state index contributed by atoms with van der Waals surface area (Å²) < 4.78 is 4.99. The fourth-order valence-corrected chi connectivity index (χ4v) is 12.4. The van der Waals surface area contributed by atoms with E-state index in [0.29, 0.717) is 0 Å². The monoisotopic (exact) mass is 853 g/mol. The Bertz CT molecular complexity index is 4160. The van der Waals surface area contributed by atoms with Gasteiger partial charge >= 0.3 is 0 Å². The van der Waals surface area contributed by atoms with Crippen molar-refractivity contribution >= 4 is 96.4 Å². The average molecular weight is 854 g/mol. The third-order valence-electron chi connectivity index (χ3n) is 14.0. The standard InChI is InChI=1S/C64H39NS/c1-3-18-40(19-4-1)60-45-23-7-9-25-47(45)62(48-26-10-8-24-46(48)60)42-34-36-53-59(39-42)66-58-33-17-31-54(64(53)58)63-51-29-13-11-27-49(51)61(50-28-12-14-30-52(50)63)41-35-37-57-55(38-41)44-22-15-16-32-56(44)65(57)43-20-5-2-6-21-43/h1-39H. The van der Waals surface area contributed by atoms with Gasteiger partial charge in [0.1, 0.15) is 0 Å². The van der Waals surface area contributed by atoms with E-state index in [2.05, 4.69) is 241 Å². The quantitative estimate of drug-likeness (QED) is 0.152. The Morgan fingerprint density at radius 3 is 1.30 bits per heavy atom. The summed E-state index contributed by atoms with van der Waals surface area (Å²) in [6, 6.07) is 87.6. The van der Waals surface area contributed by atoms with E-state index in [1.54, 1.807) is 0 Å². The molecule has 14 aromatic rings. The van der Waals surface area contributed by atoms with Crippen LogP contribution in [-0.4, -0.2) is 4.57 Å². The summed E-state index contributed by atoms with van der Waals surface area (Å²) >= 11 is 1.90. The average Bonchev–Trinajstić information content (AvgIpc) is 3.93. The molecular weight excluding hydrogens is 815 g/mol. The van der Waals surface area contributed by atoms with Gasteiger partial charge < -0.3 is 4.57 Å². The second kappa shape index (κ2) is 14.6. The number of benzene rings is 12. The molecule has 0 saturated heterocycles. The first-order valence-corrected chi connectivity index (χ1v) is 23.6. The van der Waals surface area contributed by atoms with Crippen molar-refractivity contribution in [2.24, 2.45) is 0 Å². The predicted octanol–water partition coefficient (Wildman–Crippen LogP) is 18.4. The van der Waals surface area contributed by atoms with Gasteiger partial charge in [0, 0.05) is 36.6 Å². The minimum absolute atomic E-state index is 1.17. The van der Waals surface area contributed by atoms with E-state index in [0.717, 1.165) is 0 Å². The molecule has 66 heavy (non-hydrogen) atoms. The number of rotatable bonds is 5. The lowest BCUT2D eigenvalue weighted by molar-refractivity contribution is 1.18. The molecule has 0 amide bonds. The van der Waals surface area contributed by atoms with E-state index in [9.17, 15) is 0 Å². The summed E-state index contributed by atoms with van der Waals surface area (Å²) in [5, 5.41) is 15.3. The van der Waals surface area contributed by atoms with Gasteiger partial charge in [0.25, 0.3) is 0 Å². The molecular formula is C64H39NS. The van der Waals surface area contributed by atoms with Crippen LogP contribution in [-0.2, 0) is 0 Å². The zero-order valence-corrected chi connectivity index (χ0v) is 36.7. The van der Waals surface area contributed by atoms with Crippen molar-refractivity contribution in [1.29, 1.82) is 0 Å². The minimum Gasteiger partial charge on any atom is -0.309 e. The molecule has 0 saturated carbocycles. The predicted molar refractivity (Wildman–Crippen MR) is 285 cm³/mol. The minimum atomic E-state index is 1.17. The van der Waals surface area contributed by atoms with Gasteiger partial charge in [-0.2, -0.15) is 0 Å². The Labute approximate surface area is 385 Å². The zero-order valence-electron chi connectivity index (χ0n) is 35.9. The normalized spacial score (nSPS) is 11.9. The molecule has 2 heteroatoms. The molecule has 12 aromatic carbocycles. The van der Waals surface area contributed by atoms with Crippen molar-refractivity contribution in [3.63, 3.8) is 0 Å². The third kappa shape index (κ3) is 5.46. The molecule has 0 atom stereocenters. The van der Waals surface area contributed by atoms with Crippen LogP contribution in [0, 0.1) is 0 Å². The van der Waals surface area contributed by atoms with Crippen LogP contribution >= 0.6 is 11.3 Å². The highest BCUT2D eigenvalue weighted by Crippen LogP contribution is 2.50. The Kier molecular flexibility index (Phi) is 8.22. The summed E-state index contributed by atoms with van der Waals surface area (Å²) in [5.74, 6) is 0. The number of aromatic nitrogens is 1. The van der Waals surface area contributed by atoms with Crippen molar-refractivity contribution in [2.75, 3.05) is 0 Å². The van der Waals surface area contributed by atoms with Gasteiger partial charge in [0.05, 0.1) is 11.0 Å². The lowest BCUT2D eigenvalue weighted by atomic mass is 9.84. The molecule has 0 unspecified atom stereocenters. The summed E-state index contributed by atoms with van der Waals surface area (Å²) in [7, 11) is 0. The van der Waals surface area contributed by atoms with Crippen LogP contribution in [0.3, 0.4) is 0 Å². The molecule has 0 fully saturated rings. The highest BCUT2D eigenvalue weighted by Gasteiger charge is 2.22. The van der Waals surface area contributed by atoms with Crippen LogP contribution in [0.15, 0.2) is 237 Å².